The first kappa shape index (κ1) is 30.7. The zero-order chi connectivity index (χ0) is 29.4. The number of aryl methyl sites for hydroxylation is 2. The molecule has 0 unspecified atom stereocenters. The fourth-order valence-corrected chi connectivity index (χ4v) is 5.47. The summed E-state index contributed by atoms with van der Waals surface area (Å²) in [5, 5.41) is 2.94. The standard InChI is InChI=1S/C31H39N3O5S/c1-7-24(4)32-31(36)25(5)33(20-26-12-16-28(39-6)17-13-26)30(35)21-34(27-14-8-22(2)9-15-27)40(37,38)29-18-10-23(3)11-19-29/h8-19,24-25H,7,20-21H2,1-6H3,(H,32,36)/t24-,25-/m0/s1. The van der Waals surface area contributed by atoms with Gasteiger partial charge in [0.25, 0.3) is 10.0 Å². The second-order valence-electron chi connectivity index (χ2n) is 10.0. The Bertz CT molecular complexity index is 1390. The Morgan fingerprint density at radius 2 is 1.43 bits per heavy atom. The Morgan fingerprint density at radius 1 is 0.875 bits per heavy atom. The lowest BCUT2D eigenvalue weighted by Crippen LogP contribution is -2.52. The minimum absolute atomic E-state index is 0.0705. The normalized spacial score (nSPS) is 12.8. The Morgan fingerprint density at radius 3 is 1.95 bits per heavy atom. The number of ether oxygens (including phenoxy) is 1. The predicted molar refractivity (Wildman–Crippen MR) is 158 cm³/mol. The Kier molecular flexibility index (Phi) is 10.3. The van der Waals surface area contributed by atoms with Crippen molar-refractivity contribution >= 4 is 27.5 Å². The molecule has 0 heterocycles. The molecule has 0 bridgehead atoms. The average molecular weight is 566 g/mol. The molecule has 0 fully saturated rings. The lowest BCUT2D eigenvalue weighted by atomic mass is 10.1. The van der Waals surface area contributed by atoms with Crippen LogP contribution < -0.4 is 14.4 Å². The van der Waals surface area contributed by atoms with Crippen LogP contribution in [0.1, 0.15) is 43.9 Å². The fraction of sp³-hybridized carbons (Fsp3) is 0.355. The van der Waals surface area contributed by atoms with Gasteiger partial charge in [-0.25, -0.2) is 8.42 Å². The third-order valence-corrected chi connectivity index (χ3v) is 8.68. The van der Waals surface area contributed by atoms with Gasteiger partial charge in [0.15, 0.2) is 0 Å². The van der Waals surface area contributed by atoms with Gasteiger partial charge in [0.2, 0.25) is 11.8 Å². The molecule has 3 rings (SSSR count). The fourth-order valence-electron chi connectivity index (χ4n) is 4.05. The van der Waals surface area contributed by atoms with Crippen LogP contribution in [0.15, 0.2) is 77.7 Å². The summed E-state index contributed by atoms with van der Waals surface area (Å²) in [5.41, 5.74) is 3.02. The summed E-state index contributed by atoms with van der Waals surface area (Å²) in [6.45, 7) is 8.94. The quantitative estimate of drug-likeness (QED) is 0.339. The van der Waals surface area contributed by atoms with Gasteiger partial charge in [0.05, 0.1) is 17.7 Å². The highest BCUT2D eigenvalue weighted by molar-refractivity contribution is 7.92. The minimum atomic E-state index is -4.09. The largest absolute Gasteiger partial charge is 0.497 e. The molecule has 0 aliphatic carbocycles. The summed E-state index contributed by atoms with van der Waals surface area (Å²) in [6, 6.07) is 19.8. The van der Waals surface area contributed by atoms with E-state index in [4.69, 9.17) is 4.74 Å². The maximum absolute atomic E-state index is 14.0. The van der Waals surface area contributed by atoms with Crippen LogP contribution in [-0.4, -0.2) is 50.9 Å². The van der Waals surface area contributed by atoms with Crippen LogP contribution in [0.4, 0.5) is 5.69 Å². The van der Waals surface area contributed by atoms with Gasteiger partial charge in [-0.3, -0.25) is 13.9 Å². The molecule has 9 heteroatoms. The van der Waals surface area contributed by atoms with E-state index in [0.717, 1.165) is 27.4 Å². The number of anilines is 1. The van der Waals surface area contributed by atoms with Gasteiger partial charge in [-0.2, -0.15) is 0 Å². The molecular weight excluding hydrogens is 526 g/mol. The maximum atomic E-state index is 14.0. The van der Waals surface area contributed by atoms with Gasteiger partial charge in [0.1, 0.15) is 18.3 Å². The van der Waals surface area contributed by atoms with Crippen molar-refractivity contribution in [1.82, 2.24) is 10.2 Å². The van der Waals surface area contributed by atoms with Gasteiger partial charge in [-0.15, -0.1) is 0 Å². The molecule has 3 aromatic carbocycles. The molecule has 0 saturated carbocycles. The zero-order valence-electron chi connectivity index (χ0n) is 24.0. The van der Waals surface area contributed by atoms with E-state index < -0.39 is 28.5 Å². The van der Waals surface area contributed by atoms with Crippen molar-refractivity contribution in [1.29, 1.82) is 0 Å². The lowest BCUT2D eigenvalue weighted by Gasteiger charge is -2.32. The number of rotatable bonds is 12. The molecule has 0 radical (unpaired) electrons. The van der Waals surface area contributed by atoms with Crippen LogP contribution in [0.5, 0.6) is 5.75 Å². The molecule has 0 aliphatic heterocycles. The highest BCUT2D eigenvalue weighted by Gasteiger charge is 2.32. The zero-order valence-corrected chi connectivity index (χ0v) is 24.9. The average Bonchev–Trinajstić information content (AvgIpc) is 2.95. The van der Waals surface area contributed by atoms with E-state index in [9.17, 15) is 18.0 Å². The van der Waals surface area contributed by atoms with E-state index in [-0.39, 0.29) is 23.4 Å². The van der Waals surface area contributed by atoms with Crippen molar-refractivity contribution in [2.75, 3.05) is 18.0 Å². The molecule has 3 aromatic rings. The van der Waals surface area contributed by atoms with Gasteiger partial charge < -0.3 is 15.0 Å². The predicted octanol–water partition coefficient (Wildman–Crippen LogP) is 4.84. The Labute approximate surface area is 238 Å². The lowest BCUT2D eigenvalue weighted by molar-refractivity contribution is -0.139. The first-order chi connectivity index (χ1) is 19.0. The molecule has 40 heavy (non-hydrogen) atoms. The second kappa shape index (κ2) is 13.5. The summed E-state index contributed by atoms with van der Waals surface area (Å²) in [5.74, 6) is -0.141. The smallest absolute Gasteiger partial charge is 0.264 e. The van der Waals surface area contributed by atoms with Gasteiger partial charge in [-0.05, 0) is 76.1 Å². The number of benzene rings is 3. The Hall–Kier alpha value is -3.85. The number of carbonyl (C=O) groups excluding carboxylic acids is 2. The summed E-state index contributed by atoms with van der Waals surface area (Å²) in [7, 11) is -2.52. The van der Waals surface area contributed by atoms with Crippen LogP contribution in [0.2, 0.25) is 0 Å². The van der Waals surface area contributed by atoms with Crippen molar-refractivity contribution in [3.8, 4) is 5.75 Å². The number of hydrogen-bond acceptors (Lipinski definition) is 5. The molecule has 0 saturated heterocycles. The Balaban J connectivity index is 2.01. The van der Waals surface area contributed by atoms with E-state index in [0.29, 0.717) is 11.4 Å². The molecule has 0 aliphatic rings. The van der Waals surface area contributed by atoms with E-state index >= 15 is 0 Å². The molecule has 0 spiro atoms. The van der Waals surface area contributed by atoms with Crippen LogP contribution in [0, 0.1) is 13.8 Å². The number of nitrogens with one attached hydrogen (secondary N) is 1. The third-order valence-electron chi connectivity index (χ3n) is 6.89. The van der Waals surface area contributed by atoms with Crippen LogP contribution in [0.25, 0.3) is 0 Å². The van der Waals surface area contributed by atoms with Gasteiger partial charge in [0, 0.05) is 12.6 Å². The molecule has 2 amide bonds. The molecule has 8 nitrogen and oxygen atoms in total. The number of carbonyl (C=O) groups is 2. The number of sulfonamides is 1. The van der Waals surface area contributed by atoms with Gasteiger partial charge >= 0.3 is 0 Å². The summed E-state index contributed by atoms with van der Waals surface area (Å²) < 4.78 is 34.1. The van der Waals surface area contributed by atoms with Crippen molar-refractivity contribution in [3.05, 3.63) is 89.5 Å². The van der Waals surface area contributed by atoms with E-state index in [1.165, 1.54) is 17.0 Å². The molecule has 0 aromatic heterocycles. The van der Waals surface area contributed by atoms with E-state index in [1.807, 2.05) is 39.8 Å². The molecule has 214 valence electrons. The minimum Gasteiger partial charge on any atom is -0.497 e. The molecule has 2 atom stereocenters. The monoisotopic (exact) mass is 565 g/mol. The molecule has 1 N–H and O–H groups in total. The SMILES string of the molecule is CC[C@H](C)NC(=O)[C@H](C)N(Cc1ccc(OC)cc1)C(=O)CN(c1ccc(C)cc1)S(=O)(=O)c1ccc(C)cc1. The number of methoxy groups -OCH3 is 1. The summed E-state index contributed by atoms with van der Waals surface area (Å²) in [4.78, 5) is 28.6. The topological polar surface area (TPSA) is 96.0 Å². The number of hydrogen-bond donors (Lipinski definition) is 1. The summed E-state index contributed by atoms with van der Waals surface area (Å²) in [6.07, 6.45) is 0.737. The van der Waals surface area contributed by atoms with Crippen molar-refractivity contribution in [3.63, 3.8) is 0 Å². The third kappa shape index (κ3) is 7.63. The highest BCUT2D eigenvalue weighted by atomic mass is 32.2. The summed E-state index contributed by atoms with van der Waals surface area (Å²) >= 11 is 0. The maximum Gasteiger partial charge on any atom is 0.264 e. The first-order valence-corrected chi connectivity index (χ1v) is 14.8. The van der Waals surface area contributed by atoms with Crippen molar-refractivity contribution in [2.24, 2.45) is 0 Å². The number of amides is 2. The second-order valence-corrected chi connectivity index (χ2v) is 11.9. The van der Waals surface area contributed by atoms with E-state index in [2.05, 4.69) is 5.32 Å². The van der Waals surface area contributed by atoms with E-state index in [1.54, 1.807) is 62.6 Å². The van der Waals surface area contributed by atoms with Crippen LogP contribution in [-0.2, 0) is 26.2 Å². The molecular formula is C31H39N3O5S. The van der Waals surface area contributed by atoms with Crippen molar-refractivity contribution < 1.29 is 22.7 Å². The van der Waals surface area contributed by atoms with Crippen LogP contribution in [0.3, 0.4) is 0 Å². The highest BCUT2D eigenvalue weighted by Crippen LogP contribution is 2.25. The van der Waals surface area contributed by atoms with Crippen LogP contribution >= 0.6 is 0 Å². The number of nitrogens with zero attached hydrogens (tertiary/aromatic N) is 2. The van der Waals surface area contributed by atoms with Crippen molar-refractivity contribution in [2.45, 2.75) is 64.6 Å². The first-order valence-electron chi connectivity index (χ1n) is 13.3. The van der Waals surface area contributed by atoms with Gasteiger partial charge in [-0.1, -0.05) is 54.4 Å².